The van der Waals surface area contributed by atoms with E-state index >= 15 is 0 Å². The summed E-state index contributed by atoms with van der Waals surface area (Å²) < 4.78 is 40.6. The summed E-state index contributed by atoms with van der Waals surface area (Å²) in [7, 11) is 0. The van der Waals surface area contributed by atoms with Crippen LogP contribution in [-0.2, 0) is 12.7 Å². The van der Waals surface area contributed by atoms with Crippen molar-refractivity contribution in [2.45, 2.75) is 50.5 Å². The number of carbonyl (C=O) groups excluding carboxylic acids is 1. The maximum Gasteiger partial charge on any atom is 0.416 e. The van der Waals surface area contributed by atoms with E-state index in [9.17, 15) is 18.0 Å². The fourth-order valence-corrected chi connectivity index (χ4v) is 3.97. The minimum atomic E-state index is -4.38. The largest absolute Gasteiger partial charge is 0.416 e. The smallest absolute Gasteiger partial charge is 0.365 e. The molecule has 0 radical (unpaired) electrons. The average Bonchev–Trinajstić information content (AvgIpc) is 3.80. The Balaban J connectivity index is 1.32. The van der Waals surface area contributed by atoms with E-state index in [2.05, 4.69) is 15.6 Å². The highest BCUT2D eigenvalue weighted by atomic mass is 19.4. The number of benzene rings is 2. The molecule has 184 valence electrons. The zero-order chi connectivity index (χ0) is 24.9. The monoisotopic (exact) mass is 492 g/mol. The van der Waals surface area contributed by atoms with E-state index in [1.165, 1.54) is 12.1 Å². The number of anilines is 1. The molecule has 0 spiro atoms. The summed E-state index contributed by atoms with van der Waals surface area (Å²) in [5.41, 5.74) is 2.54. The summed E-state index contributed by atoms with van der Waals surface area (Å²) in [5, 5.41) is 6.39. The Morgan fingerprint density at radius 2 is 1.64 bits per heavy atom. The van der Waals surface area contributed by atoms with Crippen LogP contribution in [0.4, 0.5) is 19.0 Å². The summed E-state index contributed by atoms with van der Waals surface area (Å²) in [5.74, 6) is 1.01. The van der Waals surface area contributed by atoms with E-state index in [-0.39, 0.29) is 11.9 Å². The van der Waals surface area contributed by atoms with Gasteiger partial charge in [0.15, 0.2) is 17.3 Å². The number of alkyl halides is 3. The van der Waals surface area contributed by atoms with Gasteiger partial charge in [-0.3, -0.25) is 4.79 Å². The topological polar surface area (TPSA) is 84.7 Å². The number of rotatable bonds is 7. The third-order valence-electron chi connectivity index (χ3n) is 6.33. The first-order chi connectivity index (χ1) is 17.3. The van der Waals surface area contributed by atoms with Gasteiger partial charge >= 0.3 is 6.18 Å². The molecule has 2 N–H and O–H groups in total. The van der Waals surface area contributed by atoms with Crippen molar-refractivity contribution in [1.82, 2.24) is 24.8 Å². The van der Waals surface area contributed by atoms with Gasteiger partial charge in [0, 0.05) is 23.2 Å². The van der Waals surface area contributed by atoms with E-state index in [4.69, 9.17) is 9.97 Å². The molecule has 0 unspecified atom stereocenters. The highest BCUT2D eigenvalue weighted by Gasteiger charge is 2.30. The van der Waals surface area contributed by atoms with Crippen LogP contribution in [0.25, 0.3) is 22.6 Å². The van der Waals surface area contributed by atoms with Crippen molar-refractivity contribution >= 4 is 22.9 Å². The molecule has 2 fully saturated rings. The van der Waals surface area contributed by atoms with E-state index in [0.29, 0.717) is 46.5 Å². The van der Waals surface area contributed by atoms with Crippen molar-refractivity contribution in [3.05, 3.63) is 71.5 Å². The highest BCUT2D eigenvalue weighted by Crippen LogP contribution is 2.31. The van der Waals surface area contributed by atoms with Gasteiger partial charge in [-0.2, -0.15) is 13.2 Å². The second-order valence-electron chi connectivity index (χ2n) is 9.38. The Hall–Kier alpha value is -3.95. The molecule has 7 nitrogen and oxygen atoms in total. The average molecular weight is 493 g/mol. The number of nitrogens with zero attached hydrogens (tertiary/aromatic N) is 4. The molecule has 0 atom stereocenters. The summed E-state index contributed by atoms with van der Waals surface area (Å²) in [6, 6.07) is 12.9. The Bertz CT molecular complexity index is 1420. The van der Waals surface area contributed by atoms with Crippen molar-refractivity contribution in [2.24, 2.45) is 0 Å². The quantitative estimate of drug-likeness (QED) is 0.378. The standard InChI is InChI=1S/C26H23F3N6O/c27-26(28,29)18-7-1-15(2-8-18)13-35-14-30-21-23(31-19-9-10-19)33-22(34-24(21)35)16-3-5-17(6-4-16)25(36)32-20-11-12-20/h1-8,14,19-20H,9-13H2,(H,32,36)(H,31,33,34). The van der Waals surface area contributed by atoms with Gasteiger partial charge in [0.1, 0.15) is 5.52 Å². The molecule has 2 aromatic carbocycles. The molecule has 0 saturated heterocycles. The summed E-state index contributed by atoms with van der Waals surface area (Å²) in [6.07, 6.45) is 1.41. The molecule has 4 aromatic rings. The van der Waals surface area contributed by atoms with Gasteiger partial charge in [0.05, 0.1) is 18.4 Å². The number of imidazole rings is 1. The van der Waals surface area contributed by atoms with Crippen LogP contribution in [0, 0.1) is 0 Å². The number of hydrogen-bond acceptors (Lipinski definition) is 5. The Labute approximate surface area is 204 Å². The fraction of sp³-hybridized carbons (Fsp3) is 0.308. The lowest BCUT2D eigenvalue weighted by Gasteiger charge is -2.11. The SMILES string of the molecule is O=C(NC1CC1)c1ccc(-c2nc(NC3CC3)c3ncn(Cc4ccc(C(F)(F)F)cc4)c3n2)cc1. The lowest BCUT2D eigenvalue weighted by Crippen LogP contribution is -2.25. The number of carbonyl (C=O) groups is 1. The predicted molar refractivity (Wildman–Crippen MR) is 128 cm³/mol. The summed E-state index contributed by atoms with van der Waals surface area (Å²) in [4.78, 5) is 26.3. The molecule has 6 rings (SSSR count). The Kier molecular flexibility index (Phi) is 5.39. The van der Waals surface area contributed by atoms with E-state index in [1.54, 1.807) is 23.0 Å². The molecule has 10 heteroatoms. The van der Waals surface area contributed by atoms with Crippen LogP contribution in [0.15, 0.2) is 54.9 Å². The van der Waals surface area contributed by atoms with Crippen LogP contribution in [0.2, 0.25) is 0 Å². The maximum atomic E-state index is 12.9. The normalized spacial score (nSPS) is 15.8. The van der Waals surface area contributed by atoms with Gasteiger partial charge in [-0.05, 0) is 55.5 Å². The van der Waals surface area contributed by atoms with Crippen molar-refractivity contribution < 1.29 is 18.0 Å². The number of hydrogen-bond donors (Lipinski definition) is 2. The second-order valence-corrected chi connectivity index (χ2v) is 9.38. The molecule has 36 heavy (non-hydrogen) atoms. The first kappa shape index (κ1) is 22.5. The lowest BCUT2D eigenvalue weighted by molar-refractivity contribution is -0.137. The molecule has 1 amide bonds. The van der Waals surface area contributed by atoms with Crippen LogP contribution >= 0.6 is 0 Å². The van der Waals surface area contributed by atoms with E-state index < -0.39 is 11.7 Å². The molecule has 2 heterocycles. The van der Waals surface area contributed by atoms with Crippen LogP contribution in [-0.4, -0.2) is 37.5 Å². The third kappa shape index (κ3) is 4.75. The van der Waals surface area contributed by atoms with Crippen molar-refractivity contribution in [3.8, 4) is 11.4 Å². The predicted octanol–water partition coefficient (Wildman–Crippen LogP) is 5.03. The molecule has 2 saturated carbocycles. The van der Waals surface area contributed by atoms with Gasteiger partial charge in [-0.1, -0.05) is 24.3 Å². The second kappa shape index (κ2) is 8.61. The van der Waals surface area contributed by atoms with Crippen molar-refractivity contribution in [3.63, 3.8) is 0 Å². The fourth-order valence-electron chi connectivity index (χ4n) is 3.97. The first-order valence-electron chi connectivity index (χ1n) is 11.9. The minimum Gasteiger partial charge on any atom is -0.365 e. The summed E-state index contributed by atoms with van der Waals surface area (Å²) in [6.45, 7) is 0.314. The van der Waals surface area contributed by atoms with Crippen molar-refractivity contribution in [2.75, 3.05) is 5.32 Å². The number of fused-ring (bicyclic) bond motifs is 1. The molecule has 0 aliphatic heterocycles. The van der Waals surface area contributed by atoms with Gasteiger partial charge in [-0.25, -0.2) is 15.0 Å². The number of halogens is 3. The summed E-state index contributed by atoms with van der Waals surface area (Å²) >= 11 is 0. The molecule has 2 aliphatic carbocycles. The van der Waals surface area contributed by atoms with Crippen LogP contribution in [0.5, 0.6) is 0 Å². The van der Waals surface area contributed by atoms with Crippen molar-refractivity contribution in [1.29, 1.82) is 0 Å². The van der Waals surface area contributed by atoms with Gasteiger partial charge < -0.3 is 15.2 Å². The van der Waals surface area contributed by atoms with E-state index in [1.807, 2.05) is 12.1 Å². The van der Waals surface area contributed by atoms with E-state index in [0.717, 1.165) is 43.4 Å². The molecular formula is C26H23F3N6O. The van der Waals surface area contributed by atoms with Gasteiger partial charge in [0.2, 0.25) is 0 Å². The molecule has 0 bridgehead atoms. The Morgan fingerprint density at radius 1 is 0.944 bits per heavy atom. The number of aromatic nitrogens is 4. The zero-order valence-electron chi connectivity index (χ0n) is 19.2. The highest BCUT2D eigenvalue weighted by molar-refractivity contribution is 5.95. The van der Waals surface area contributed by atoms with Crippen LogP contribution < -0.4 is 10.6 Å². The first-order valence-corrected chi connectivity index (χ1v) is 11.9. The minimum absolute atomic E-state index is 0.0915. The molecule has 2 aliphatic rings. The molecule has 2 aromatic heterocycles. The zero-order valence-corrected chi connectivity index (χ0v) is 19.2. The van der Waals surface area contributed by atoms with Gasteiger partial charge in [0.25, 0.3) is 5.91 Å². The van der Waals surface area contributed by atoms with Gasteiger partial charge in [-0.15, -0.1) is 0 Å². The van der Waals surface area contributed by atoms with Crippen LogP contribution in [0.1, 0.15) is 47.2 Å². The lowest BCUT2D eigenvalue weighted by atomic mass is 10.1. The molecular weight excluding hydrogens is 469 g/mol. The number of nitrogens with one attached hydrogen (secondary N) is 2. The van der Waals surface area contributed by atoms with Crippen LogP contribution in [0.3, 0.4) is 0 Å². The Morgan fingerprint density at radius 3 is 2.28 bits per heavy atom. The third-order valence-corrected chi connectivity index (χ3v) is 6.33. The maximum absolute atomic E-state index is 12.9. The number of amides is 1.